The van der Waals surface area contributed by atoms with Gasteiger partial charge in [0.25, 0.3) is 10.5 Å². The number of nitrogens with zero attached hydrogens (tertiary/aromatic N) is 5. The molecule has 0 spiro atoms. The Morgan fingerprint density at radius 2 is 1.47 bits per heavy atom. The van der Waals surface area contributed by atoms with Crippen LogP contribution in [-0.2, 0) is 6.67 Å². The van der Waals surface area contributed by atoms with Gasteiger partial charge in [0.15, 0.2) is 0 Å². The first kappa shape index (κ1) is 26.5. The number of non-ortho nitro benzene ring substituents is 1. The van der Waals surface area contributed by atoms with Gasteiger partial charge in [-0.15, -0.1) is 5.10 Å². The average molecular weight is 490 g/mol. The number of piperazine rings is 1. The molecule has 0 amide bonds. The summed E-state index contributed by atoms with van der Waals surface area (Å²) in [4.78, 5) is 15.6. The largest absolute Gasteiger partial charge is 0.409 e. The molecule has 1 aliphatic heterocycles. The number of rotatable bonds is 15. The van der Waals surface area contributed by atoms with Crippen LogP contribution in [0.4, 0.5) is 5.69 Å². The van der Waals surface area contributed by atoms with E-state index in [1.807, 2.05) is 0 Å². The first-order chi connectivity index (χ1) is 16.6. The Balaban J connectivity index is 1.32. The topological polar surface area (TPSA) is 80.6 Å². The van der Waals surface area contributed by atoms with Crippen molar-refractivity contribution in [2.24, 2.45) is 0 Å². The van der Waals surface area contributed by atoms with Crippen molar-refractivity contribution in [1.29, 1.82) is 0 Å². The maximum absolute atomic E-state index is 10.8. The number of unbranched alkanes of at least 4 members (excludes halogenated alkanes) is 9. The maximum Gasteiger partial charge on any atom is 0.288 e. The summed E-state index contributed by atoms with van der Waals surface area (Å²) in [6, 6.07) is 6.16. The monoisotopic (exact) mass is 489 g/mol. The Bertz CT molecular complexity index is 919. The summed E-state index contributed by atoms with van der Waals surface area (Å²) < 4.78 is 7.34. The summed E-state index contributed by atoms with van der Waals surface area (Å²) in [6.07, 6.45) is 13.7. The highest BCUT2D eigenvalue weighted by atomic mass is 32.1. The van der Waals surface area contributed by atoms with Gasteiger partial charge in [-0.05, 0) is 37.3 Å². The second-order valence-electron chi connectivity index (χ2n) is 9.26. The van der Waals surface area contributed by atoms with Gasteiger partial charge < -0.3 is 9.32 Å². The molecule has 0 aliphatic carbocycles. The van der Waals surface area contributed by atoms with E-state index in [9.17, 15) is 10.1 Å². The second-order valence-corrected chi connectivity index (χ2v) is 9.61. The average Bonchev–Trinajstić information content (AvgIpc) is 3.21. The van der Waals surface area contributed by atoms with Crippen molar-refractivity contribution in [2.45, 2.75) is 77.8 Å². The molecule has 2 aromatic rings. The lowest BCUT2D eigenvalue weighted by Crippen LogP contribution is -2.47. The fourth-order valence-electron chi connectivity index (χ4n) is 4.40. The fourth-order valence-corrected chi connectivity index (χ4v) is 4.58. The fraction of sp³-hybridized carbons (Fsp3) is 0.680. The van der Waals surface area contributed by atoms with Gasteiger partial charge in [-0.1, -0.05) is 64.7 Å². The lowest BCUT2D eigenvalue weighted by molar-refractivity contribution is -0.384. The molecule has 0 atom stereocenters. The van der Waals surface area contributed by atoms with Gasteiger partial charge in [-0.25, -0.2) is 4.68 Å². The number of nitro groups is 1. The van der Waals surface area contributed by atoms with Crippen molar-refractivity contribution in [2.75, 3.05) is 32.7 Å². The van der Waals surface area contributed by atoms with Gasteiger partial charge in [0.05, 0.1) is 11.6 Å². The Morgan fingerprint density at radius 3 is 2.06 bits per heavy atom. The molecule has 3 rings (SSSR count). The highest BCUT2D eigenvalue weighted by Gasteiger charge is 2.18. The zero-order valence-corrected chi connectivity index (χ0v) is 21.3. The molecule has 9 heteroatoms. The number of benzene rings is 1. The molecule has 34 heavy (non-hydrogen) atoms. The van der Waals surface area contributed by atoms with Crippen molar-refractivity contribution in [3.8, 4) is 11.5 Å². The zero-order valence-electron chi connectivity index (χ0n) is 20.5. The summed E-state index contributed by atoms with van der Waals surface area (Å²) in [7, 11) is 0. The summed E-state index contributed by atoms with van der Waals surface area (Å²) >= 11 is 5.35. The van der Waals surface area contributed by atoms with Gasteiger partial charge >= 0.3 is 0 Å². The number of aromatic nitrogens is 2. The van der Waals surface area contributed by atoms with Crippen LogP contribution in [0.5, 0.6) is 0 Å². The van der Waals surface area contributed by atoms with Crippen LogP contribution in [0.1, 0.15) is 71.1 Å². The normalized spacial score (nSPS) is 15.1. The van der Waals surface area contributed by atoms with Gasteiger partial charge in [-0.2, -0.15) is 0 Å². The van der Waals surface area contributed by atoms with E-state index in [-0.39, 0.29) is 5.69 Å². The molecule has 0 N–H and O–H groups in total. The summed E-state index contributed by atoms with van der Waals surface area (Å²) in [6.45, 7) is 8.17. The Morgan fingerprint density at radius 1 is 0.912 bits per heavy atom. The minimum atomic E-state index is -0.422. The van der Waals surface area contributed by atoms with E-state index < -0.39 is 4.92 Å². The molecule has 1 aromatic carbocycles. The summed E-state index contributed by atoms with van der Waals surface area (Å²) in [5.41, 5.74) is 0.717. The lowest BCUT2D eigenvalue weighted by Gasteiger charge is -2.34. The van der Waals surface area contributed by atoms with Crippen molar-refractivity contribution in [3.05, 3.63) is 39.2 Å². The molecular formula is C25H39N5O3S. The van der Waals surface area contributed by atoms with Crippen LogP contribution < -0.4 is 0 Å². The molecule has 1 aromatic heterocycles. The first-order valence-corrected chi connectivity index (χ1v) is 13.2. The van der Waals surface area contributed by atoms with E-state index in [0.29, 0.717) is 23.0 Å². The van der Waals surface area contributed by atoms with Gasteiger partial charge in [0, 0.05) is 43.9 Å². The molecule has 2 heterocycles. The van der Waals surface area contributed by atoms with E-state index in [2.05, 4.69) is 21.8 Å². The highest BCUT2D eigenvalue weighted by molar-refractivity contribution is 7.71. The van der Waals surface area contributed by atoms with Crippen LogP contribution in [0.2, 0.25) is 0 Å². The Labute approximate surface area is 208 Å². The first-order valence-electron chi connectivity index (χ1n) is 12.8. The third-order valence-corrected chi connectivity index (χ3v) is 6.85. The second kappa shape index (κ2) is 14.3. The van der Waals surface area contributed by atoms with Crippen LogP contribution in [-0.4, -0.2) is 57.2 Å². The zero-order chi connectivity index (χ0) is 24.2. The van der Waals surface area contributed by atoms with Gasteiger partial charge in [-0.3, -0.25) is 15.0 Å². The van der Waals surface area contributed by atoms with Crippen molar-refractivity contribution in [3.63, 3.8) is 0 Å². The van der Waals surface area contributed by atoms with E-state index in [1.54, 1.807) is 16.8 Å². The molecular weight excluding hydrogens is 450 g/mol. The minimum absolute atomic E-state index is 0.0393. The van der Waals surface area contributed by atoms with Crippen LogP contribution in [0.3, 0.4) is 0 Å². The maximum atomic E-state index is 10.8. The lowest BCUT2D eigenvalue weighted by atomic mass is 10.1. The quantitative estimate of drug-likeness (QED) is 0.126. The standard InChI is InChI=1S/C25H39N5O3S/c1-2-3-4-5-6-7-8-9-10-11-16-27-17-19-28(20-18-27)21-29-25(34)33-24(26-29)22-12-14-23(15-13-22)30(31)32/h12-15H,2-11,16-21H2,1H3. The Hall–Kier alpha value is -2.10. The smallest absolute Gasteiger partial charge is 0.288 e. The van der Waals surface area contributed by atoms with Crippen LogP contribution in [0.25, 0.3) is 11.5 Å². The van der Waals surface area contributed by atoms with Crippen LogP contribution in [0.15, 0.2) is 28.7 Å². The predicted octanol–water partition coefficient (Wildman–Crippen LogP) is 6.28. The van der Waals surface area contributed by atoms with E-state index in [4.69, 9.17) is 16.6 Å². The molecule has 0 unspecified atom stereocenters. The number of hydrogen-bond acceptors (Lipinski definition) is 7. The molecule has 1 saturated heterocycles. The van der Waals surface area contributed by atoms with Crippen molar-refractivity contribution >= 4 is 17.9 Å². The molecule has 1 fully saturated rings. The van der Waals surface area contributed by atoms with Crippen LogP contribution in [0, 0.1) is 15.0 Å². The molecule has 1 aliphatic rings. The minimum Gasteiger partial charge on any atom is -0.409 e. The molecule has 0 radical (unpaired) electrons. The molecule has 0 bridgehead atoms. The molecule has 0 saturated carbocycles. The number of hydrogen-bond donors (Lipinski definition) is 0. The van der Waals surface area contributed by atoms with E-state index in [1.165, 1.54) is 82.9 Å². The predicted molar refractivity (Wildman–Crippen MR) is 137 cm³/mol. The summed E-state index contributed by atoms with van der Waals surface area (Å²) in [5.74, 6) is 0.388. The third kappa shape index (κ3) is 8.60. The van der Waals surface area contributed by atoms with Gasteiger partial charge in [0.1, 0.15) is 0 Å². The highest BCUT2D eigenvalue weighted by Crippen LogP contribution is 2.21. The van der Waals surface area contributed by atoms with Crippen LogP contribution >= 0.6 is 12.2 Å². The number of nitro benzene ring substituents is 1. The SMILES string of the molecule is CCCCCCCCCCCCN1CCN(Cn2nc(-c3ccc([N+](=O)[O-])cc3)oc2=S)CC1. The van der Waals surface area contributed by atoms with E-state index in [0.717, 1.165) is 26.2 Å². The van der Waals surface area contributed by atoms with E-state index >= 15 is 0 Å². The van der Waals surface area contributed by atoms with Crippen molar-refractivity contribution < 1.29 is 9.34 Å². The molecule has 188 valence electrons. The third-order valence-electron chi connectivity index (χ3n) is 6.56. The van der Waals surface area contributed by atoms with Crippen molar-refractivity contribution in [1.82, 2.24) is 19.6 Å². The Kier molecular flexibility index (Phi) is 11.2. The molecule has 8 nitrogen and oxygen atoms in total. The van der Waals surface area contributed by atoms with Gasteiger partial charge in [0.2, 0.25) is 5.89 Å². The summed E-state index contributed by atoms with van der Waals surface area (Å²) in [5, 5.41) is 15.3.